The fourth-order valence-electron chi connectivity index (χ4n) is 1.13. The van der Waals surface area contributed by atoms with Crippen molar-refractivity contribution in [3.05, 3.63) is 23.7 Å². The van der Waals surface area contributed by atoms with Crippen LogP contribution in [0.15, 0.2) is 16.7 Å². The summed E-state index contributed by atoms with van der Waals surface area (Å²) in [7, 11) is 0. The predicted molar refractivity (Wildman–Crippen MR) is 45.3 cm³/mol. The molecule has 0 aromatic carbocycles. The molecule has 0 aliphatic carbocycles. The van der Waals surface area contributed by atoms with Crippen LogP contribution in [0, 0.1) is 11.3 Å². The molecule has 0 saturated carbocycles. The van der Waals surface area contributed by atoms with Crippen molar-refractivity contribution in [2.75, 3.05) is 0 Å². The van der Waals surface area contributed by atoms with Gasteiger partial charge in [0.1, 0.15) is 11.8 Å². The Bertz CT molecular complexity index is 296. The van der Waals surface area contributed by atoms with Crippen molar-refractivity contribution in [1.29, 1.82) is 5.26 Å². The molecule has 1 atom stereocenters. The van der Waals surface area contributed by atoms with Gasteiger partial charge in [-0.15, -0.1) is 0 Å². The average molecular weight is 164 g/mol. The molecule has 12 heavy (non-hydrogen) atoms. The van der Waals surface area contributed by atoms with E-state index in [4.69, 9.17) is 15.4 Å². The van der Waals surface area contributed by atoms with Crippen LogP contribution >= 0.6 is 0 Å². The van der Waals surface area contributed by atoms with Gasteiger partial charge in [-0.1, -0.05) is 13.8 Å². The van der Waals surface area contributed by atoms with Gasteiger partial charge in [-0.25, -0.2) is 0 Å². The molecule has 0 fully saturated rings. The van der Waals surface area contributed by atoms with Gasteiger partial charge in [0.05, 0.1) is 12.3 Å². The maximum absolute atomic E-state index is 8.60. The van der Waals surface area contributed by atoms with E-state index in [-0.39, 0.29) is 5.92 Å². The van der Waals surface area contributed by atoms with Crippen LogP contribution in [0.1, 0.15) is 37.1 Å². The number of hydrogen-bond acceptors (Lipinski definition) is 3. The SMILES string of the molecule is CC(C)c1occc1C(N)C#N. The maximum Gasteiger partial charge on any atom is 0.122 e. The van der Waals surface area contributed by atoms with Crippen LogP contribution in [0.3, 0.4) is 0 Å². The summed E-state index contributed by atoms with van der Waals surface area (Å²) in [6, 6.07) is 3.17. The van der Waals surface area contributed by atoms with Gasteiger partial charge in [-0.05, 0) is 6.07 Å². The summed E-state index contributed by atoms with van der Waals surface area (Å²) in [6.07, 6.45) is 1.57. The zero-order chi connectivity index (χ0) is 9.14. The van der Waals surface area contributed by atoms with Crippen LogP contribution in [0.4, 0.5) is 0 Å². The highest BCUT2D eigenvalue weighted by Gasteiger charge is 2.15. The van der Waals surface area contributed by atoms with Crippen molar-refractivity contribution in [1.82, 2.24) is 0 Å². The monoisotopic (exact) mass is 164 g/mol. The lowest BCUT2D eigenvalue weighted by Crippen LogP contribution is -2.08. The van der Waals surface area contributed by atoms with E-state index in [9.17, 15) is 0 Å². The third-order valence-electron chi connectivity index (χ3n) is 1.73. The molecule has 0 bridgehead atoms. The Balaban J connectivity index is 3.01. The molecule has 0 spiro atoms. The van der Waals surface area contributed by atoms with Gasteiger partial charge < -0.3 is 10.2 Å². The summed E-state index contributed by atoms with van der Waals surface area (Å²) in [5.74, 6) is 1.08. The zero-order valence-electron chi connectivity index (χ0n) is 7.24. The third kappa shape index (κ3) is 1.49. The summed E-state index contributed by atoms with van der Waals surface area (Å²) in [5.41, 5.74) is 6.35. The third-order valence-corrected chi connectivity index (χ3v) is 1.73. The van der Waals surface area contributed by atoms with E-state index in [1.54, 1.807) is 12.3 Å². The molecular formula is C9H12N2O. The lowest BCUT2D eigenvalue weighted by atomic mass is 10.0. The summed E-state index contributed by atoms with van der Waals surface area (Å²) in [5, 5.41) is 8.60. The van der Waals surface area contributed by atoms with Crippen molar-refractivity contribution in [3.63, 3.8) is 0 Å². The summed E-state index contributed by atoms with van der Waals surface area (Å²) in [6.45, 7) is 4.01. The van der Waals surface area contributed by atoms with E-state index in [0.29, 0.717) is 0 Å². The smallest absolute Gasteiger partial charge is 0.122 e. The van der Waals surface area contributed by atoms with Gasteiger partial charge in [0, 0.05) is 11.5 Å². The first-order valence-electron chi connectivity index (χ1n) is 3.89. The van der Waals surface area contributed by atoms with E-state index < -0.39 is 6.04 Å². The lowest BCUT2D eigenvalue weighted by Gasteiger charge is -2.05. The quantitative estimate of drug-likeness (QED) is 0.726. The Kier molecular flexibility index (Phi) is 2.51. The van der Waals surface area contributed by atoms with Gasteiger partial charge in [-0.3, -0.25) is 0 Å². The van der Waals surface area contributed by atoms with Crippen molar-refractivity contribution in [2.45, 2.75) is 25.8 Å². The van der Waals surface area contributed by atoms with Crippen LogP contribution in [0.25, 0.3) is 0 Å². The molecular weight excluding hydrogens is 152 g/mol. The second-order valence-electron chi connectivity index (χ2n) is 3.00. The Morgan fingerprint density at radius 2 is 2.25 bits per heavy atom. The van der Waals surface area contributed by atoms with Crippen LogP contribution in [-0.4, -0.2) is 0 Å². The highest BCUT2D eigenvalue weighted by Crippen LogP contribution is 2.24. The van der Waals surface area contributed by atoms with E-state index in [1.165, 1.54) is 0 Å². The minimum absolute atomic E-state index is 0.273. The minimum atomic E-state index is -0.568. The first-order chi connectivity index (χ1) is 5.66. The lowest BCUT2D eigenvalue weighted by molar-refractivity contribution is 0.480. The van der Waals surface area contributed by atoms with Gasteiger partial charge in [0.2, 0.25) is 0 Å². The number of furan rings is 1. The fourth-order valence-corrected chi connectivity index (χ4v) is 1.13. The van der Waals surface area contributed by atoms with Gasteiger partial charge in [0.15, 0.2) is 0 Å². The topological polar surface area (TPSA) is 62.9 Å². The normalized spacial score (nSPS) is 12.9. The van der Waals surface area contributed by atoms with E-state index >= 15 is 0 Å². The summed E-state index contributed by atoms with van der Waals surface area (Å²) in [4.78, 5) is 0. The number of rotatable bonds is 2. The second-order valence-corrected chi connectivity index (χ2v) is 3.00. The molecule has 0 aliphatic heterocycles. The summed E-state index contributed by atoms with van der Waals surface area (Å²) < 4.78 is 5.22. The molecule has 2 N–H and O–H groups in total. The van der Waals surface area contributed by atoms with Crippen LogP contribution < -0.4 is 5.73 Å². The van der Waals surface area contributed by atoms with Crippen molar-refractivity contribution in [3.8, 4) is 6.07 Å². The average Bonchev–Trinajstić information content (AvgIpc) is 2.50. The molecule has 64 valence electrons. The number of hydrogen-bond donors (Lipinski definition) is 1. The van der Waals surface area contributed by atoms with Crippen molar-refractivity contribution < 1.29 is 4.42 Å². The van der Waals surface area contributed by atoms with Crippen LogP contribution in [0.2, 0.25) is 0 Å². The molecule has 3 nitrogen and oxygen atoms in total. The molecule has 0 radical (unpaired) electrons. The molecule has 1 rings (SSSR count). The molecule has 3 heteroatoms. The minimum Gasteiger partial charge on any atom is -0.469 e. The second kappa shape index (κ2) is 3.42. The van der Waals surface area contributed by atoms with E-state index in [0.717, 1.165) is 11.3 Å². The molecule has 1 aromatic rings. The summed E-state index contributed by atoms with van der Waals surface area (Å²) >= 11 is 0. The van der Waals surface area contributed by atoms with Crippen LogP contribution in [-0.2, 0) is 0 Å². The Morgan fingerprint density at radius 1 is 1.58 bits per heavy atom. The van der Waals surface area contributed by atoms with Crippen molar-refractivity contribution in [2.24, 2.45) is 5.73 Å². The molecule has 1 aromatic heterocycles. The molecule has 0 amide bonds. The Hall–Kier alpha value is -1.27. The highest BCUT2D eigenvalue weighted by atomic mass is 16.3. The number of nitriles is 1. The molecule has 0 saturated heterocycles. The van der Waals surface area contributed by atoms with Gasteiger partial charge in [0.25, 0.3) is 0 Å². The van der Waals surface area contributed by atoms with Crippen molar-refractivity contribution >= 4 is 0 Å². The largest absolute Gasteiger partial charge is 0.469 e. The zero-order valence-corrected chi connectivity index (χ0v) is 7.24. The molecule has 1 heterocycles. The first kappa shape index (κ1) is 8.82. The standard InChI is InChI=1S/C9H12N2O/c1-6(2)9-7(3-4-12-9)8(11)5-10/h3-4,6,8H,11H2,1-2H3. The number of nitrogens with zero attached hydrogens (tertiary/aromatic N) is 1. The Morgan fingerprint density at radius 3 is 2.75 bits per heavy atom. The molecule has 0 aliphatic rings. The van der Waals surface area contributed by atoms with Gasteiger partial charge >= 0.3 is 0 Å². The Labute approximate surface area is 71.8 Å². The van der Waals surface area contributed by atoms with Crippen LogP contribution in [0.5, 0.6) is 0 Å². The predicted octanol–water partition coefficient (Wildman–Crippen LogP) is 1.93. The first-order valence-corrected chi connectivity index (χ1v) is 3.89. The maximum atomic E-state index is 8.60. The highest BCUT2D eigenvalue weighted by molar-refractivity contribution is 5.27. The van der Waals surface area contributed by atoms with E-state index in [1.807, 2.05) is 19.9 Å². The van der Waals surface area contributed by atoms with Gasteiger partial charge in [-0.2, -0.15) is 5.26 Å². The fraction of sp³-hybridized carbons (Fsp3) is 0.444. The van der Waals surface area contributed by atoms with E-state index in [2.05, 4.69) is 0 Å². The molecule has 1 unspecified atom stereocenters. The number of nitrogens with two attached hydrogens (primary N) is 1.